The molecule has 0 bridgehead atoms. The third kappa shape index (κ3) is 4.10. The summed E-state index contributed by atoms with van der Waals surface area (Å²) in [5, 5.41) is 7.45. The number of amides is 1. The lowest BCUT2D eigenvalue weighted by Crippen LogP contribution is -2.28. The summed E-state index contributed by atoms with van der Waals surface area (Å²) < 4.78 is 7.82. The van der Waals surface area contributed by atoms with Crippen LogP contribution in [0.1, 0.15) is 17.3 Å². The minimum Gasteiger partial charge on any atom is -0.462 e. The zero-order valence-electron chi connectivity index (χ0n) is 16.9. The van der Waals surface area contributed by atoms with E-state index in [-0.39, 0.29) is 24.3 Å². The Morgan fingerprint density at radius 3 is 2.74 bits per heavy atom. The van der Waals surface area contributed by atoms with Crippen LogP contribution < -0.4 is 10.9 Å². The number of esters is 1. The number of aryl methyl sites for hydroxylation is 1. The average Bonchev–Trinajstić information content (AvgIpc) is 3.35. The van der Waals surface area contributed by atoms with Crippen molar-refractivity contribution in [3.8, 4) is 10.4 Å². The van der Waals surface area contributed by atoms with Gasteiger partial charge >= 0.3 is 5.97 Å². The molecule has 3 aromatic heterocycles. The molecule has 31 heavy (non-hydrogen) atoms. The van der Waals surface area contributed by atoms with Crippen LogP contribution in [0.2, 0.25) is 0 Å². The molecule has 0 aliphatic carbocycles. The van der Waals surface area contributed by atoms with Crippen LogP contribution >= 0.6 is 11.3 Å². The van der Waals surface area contributed by atoms with Crippen molar-refractivity contribution in [1.82, 2.24) is 19.3 Å². The van der Waals surface area contributed by atoms with Crippen molar-refractivity contribution < 1.29 is 14.3 Å². The number of benzene rings is 1. The minimum absolute atomic E-state index is 0.217. The second kappa shape index (κ2) is 8.52. The first-order valence-corrected chi connectivity index (χ1v) is 10.3. The summed E-state index contributed by atoms with van der Waals surface area (Å²) in [4.78, 5) is 42.7. The monoisotopic (exact) mass is 437 g/mol. The Bertz CT molecular complexity index is 1320. The number of anilines is 1. The number of hydrogen-bond acceptors (Lipinski definition) is 7. The highest BCUT2D eigenvalue weighted by molar-refractivity contribution is 7.20. The molecule has 0 aliphatic heterocycles. The van der Waals surface area contributed by atoms with E-state index < -0.39 is 11.9 Å². The van der Waals surface area contributed by atoms with E-state index in [0.29, 0.717) is 16.0 Å². The lowest BCUT2D eigenvalue weighted by Gasteiger charge is -2.07. The van der Waals surface area contributed by atoms with Crippen LogP contribution in [0.4, 0.5) is 5.00 Å². The van der Waals surface area contributed by atoms with Gasteiger partial charge in [0.15, 0.2) is 5.65 Å². The van der Waals surface area contributed by atoms with Crippen molar-refractivity contribution >= 4 is 39.2 Å². The maximum absolute atomic E-state index is 12.7. The molecule has 3 heterocycles. The first-order chi connectivity index (χ1) is 15.0. The highest BCUT2D eigenvalue weighted by Crippen LogP contribution is 2.35. The van der Waals surface area contributed by atoms with Gasteiger partial charge in [-0.15, -0.1) is 11.3 Å². The Morgan fingerprint density at radius 1 is 1.23 bits per heavy atom. The maximum atomic E-state index is 12.7. The predicted molar refractivity (Wildman–Crippen MR) is 117 cm³/mol. The van der Waals surface area contributed by atoms with Gasteiger partial charge in [-0.05, 0) is 18.6 Å². The van der Waals surface area contributed by atoms with Gasteiger partial charge in [-0.1, -0.05) is 30.3 Å². The summed E-state index contributed by atoms with van der Waals surface area (Å²) in [6.07, 6.45) is 2.73. The molecule has 4 aromatic rings. The van der Waals surface area contributed by atoms with Gasteiger partial charge in [0.2, 0.25) is 5.91 Å². The Labute approximate surface area is 180 Å². The first kappa shape index (κ1) is 20.5. The fourth-order valence-corrected chi connectivity index (χ4v) is 4.16. The Hall–Kier alpha value is -3.79. The fraction of sp³-hybridized carbons (Fsp3) is 0.190. The number of carbonyl (C=O) groups excluding carboxylic acids is 2. The highest BCUT2D eigenvalue weighted by atomic mass is 32.1. The normalized spacial score (nSPS) is 10.9. The molecule has 0 unspecified atom stereocenters. The van der Waals surface area contributed by atoms with Crippen molar-refractivity contribution in [1.29, 1.82) is 0 Å². The molecule has 10 heteroatoms. The molecule has 0 radical (unpaired) electrons. The molecule has 0 atom stereocenters. The molecular weight excluding hydrogens is 418 g/mol. The van der Waals surface area contributed by atoms with Gasteiger partial charge in [-0.2, -0.15) is 5.10 Å². The number of aromatic nitrogens is 4. The number of fused-ring (bicyclic) bond motifs is 1. The molecule has 9 nitrogen and oxygen atoms in total. The molecule has 0 spiro atoms. The van der Waals surface area contributed by atoms with Gasteiger partial charge in [0.25, 0.3) is 5.56 Å². The Morgan fingerprint density at radius 2 is 2.00 bits per heavy atom. The fourth-order valence-electron chi connectivity index (χ4n) is 3.09. The summed E-state index contributed by atoms with van der Waals surface area (Å²) in [7, 11) is 1.68. The molecule has 158 valence electrons. The topological polar surface area (TPSA) is 108 Å². The van der Waals surface area contributed by atoms with E-state index in [0.717, 1.165) is 10.4 Å². The van der Waals surface area contributed by atoms with E-state index in [9.17, 15) is 14.4 Å². The van der Waals surface area contributed by atoms with E-state index in [1.165, 1.54) is 33.1 Å². The van der Waals surface area contributed by atoms with Crippen LogP contribution in [0.3, 0.4) is 0 Å². The number of rotatable bonds is 6. The number of ether oxygens (including phenoxy) is 1. The van der Waals surface area contributed by atoms with Gasteiger partial charge in [0.1, 0.15) is 23.3 Å². The summed E-state index contributed by atoms with van der Waals surface area (Å²) in [5.74, 6) is -0.981. The number of nitrogens with zero attached hydrogens (tertiary/aromatic N) is 4. The van der Waals surface area contributed by atoms with Gasteiger partial charge in [-0.3, -0.25) is 18.8 Å². The van der Waals surface area contributed by atoms with Crippen LogP contribution in [-0.2, 0) is 23.1 Å². The Kier molecular flexibility index (Phi) is 5.63. The highest BCUT2D eigenvalue weighted by Gasteiger charge is 2.20. The summed E-state index contributed by atoms with van der Waals surface area (Å²) in [6, 6.07) is 11.2. The summed E-state index contributed by atoms with van der Waals surface area (Å²) >= 11 is 1.27. The van der Waals surface area contributed by atoms with Crippen molar-refractivity contribution in [2.75, 3.05) is 11.9 Å². The van der Waals surface area contributed by atoms with E-state index in [1.54, 1.807) is 20.0 Å². The molecule has 1 N–H and O–H groups in total. The van der Waals surface area contributed by atoms with E-state index in [4.69, 9.17) is 4.74 Å². The van der Waals surface area contributed by atoms with Crippen LogP contribution in [0.5, 0.6) is 0 Å². The lowest BCUT2D eigenvalue weighted by atomic mass is 10.1. The van der Waals surface area contributed by atoms with Crippen molar-refractivity contribution in [3.05, 3.63) is 64.8 Å². The van der Waals surface area contributed by atoms with E-state index >= 15 is 0 Å². The van der Waals surface area contributed by atoms with Crippen molar-refractivity contribution in [2.45, 2.75) is 13.5 Å². The second-order valence-corrected chi connectivity index (χ2v) is 7.72. The number of carbonyl (C=O) groups is 2. The van der Waals surface area contributed by atoms with Crippen molar-refractivity contribution in [3.63, 3.8) is 0 Å². The molecule has 1 aromatic carbocycles. The SMILES string of the molecule is CCOC(=O)c1cc(-c2ccccc2)sc1NC(=O)Cn1cnc2c(cnn2C)c1=O. The smallest absolute Gasteiger partial charge is 0.341 e. The number of nitrogens with one attached hydrogen (secondary N) is 1. The zero-order valence-corrected chi connectivity index (χ0v) is 17.7. The average molecular weight is 437 g/mol. The molecule has 1 amide bonds. The second-order valence-electron chi connectivity index (χ2n) is 6.67. The number of hydrogen-bond donors (Lipinski definition) is 1. The molecule has 4 rings (SSSR count). The van der Waals surface area contributed by atoms with Gasteiger partial charge in [0, 0.05) is 11.9 Å². The van der Waals surface area contributed by atoms with Crippen LogP contribution in [0, 0.1) is 0 Å². The van der Waals surface area contributed by atoms with Gasteiger partial charge in [-0.25, -0.2) is 9.78 Å². The zero-order chi connectivity index (χ0) is 22.0. The maximum Gasteiger partial charge on any atom is 0.341 e. The van der Waals surface area contributed by atoms with E-state index in [1.807, 2.05) is 30.3 Å². The van der Waals surface area contributed by atoms with E-state index in [2.05, 4.69) is 15.4 Å². The third-order valence-corrected chi connectivity index (χ3v) is 5.67. The standard InChI is InChI=1S/C21H19N5O4S/c1-3-30-21(29)14-9-16(13-7-5-4-6-8-13)31-19(14)24-17(27)11-26-12-22-18-15(20(26)28)10-23-25(18)2/h4-10,12H,3,11H2,1-2H3,(H,24,27). The Balaban J connectivity index is 1.61. The lowest BCUT2D eigenvalue weighted by molar-refractivity contribution is -0.116. The summed E-state index contributed by atoms with van der Waals surface area (Å²) in [6.45, 7) is 1.68. The number of thiophene rings is 1. The third-order valence-electron chi connectivity index (χ3n) is 4.57. The molecule has 0 saturated heterocycles. The molecule has 0 fully saturated rings. The largest absolute Gasteiger partial charge is 0.462 e. The van der Waals surface area contributed by atoms with Crippen LogP contribution in [0.25, 0.3) is 21.5 Å². The molecule has 0 aliphatic rings. The summed E-state index contributed by atoms with van der Waals surface area (Å²) in [5.41, 5.74) is 1.26. The van der Waals surface area contributed by atoms with Crippen molar-refractivity contribution in [2.24, 2.45) is 7.05 Å². The predicted octanol–water partition coefficient (Wildman–Crippen LogP) is 2.67. The first-order valence-electron chi connectivity index (χ1n) is 9.51. The minimum atomic E-state index is -0.521. The van der Waals surface area contributed by atoms with Gasteiger partial charge in [0.05, 0.1) is 18.4 Å². The molecular formula is C21H19N5O4S. The quantitative estimate of drug-likeness (QED) is 0.465. The van der Waals surface area contributed by atoms with Crippen LogP contribution in [-0.4, -0.2) is 37.8 Å². The molecule has 0 saturated carbocycles. The van der Waals surface area contributed by atoms with Gasteiger partial charge < -0.3 is 10.1 Å². The van der Waals surface area contributed by atoms with Crippen LogP contribution in [0.15, 0.2) is 53.7 Å².